The largest absolute Gasteiger partial charge is 0.382 e. The van der Waals surface area contributed by atoms with E-state index in [1.165, 1.54) is 6.33 Å². The molecule has 4 unspecified atom stereocenters. The molecule has 5 rings (SSSR count). The average Bonchev–Trinajstić information content (AvgIpc) is 3.24. The van der Waals surface area contributed by atoms with Crippen molar-refractivity contribution in [3.8, 4) is 0 Å². The van der Waals surface area contributed by atoms with Crippen molar-refractivity contribution in [1.29, 1.82) is 0 Å². The van der Waals surface area contributed by atoms with Gasteiger partial charge in [0, 0.05) is 20.6 Å². The number of halogens is 1. The first-order valence-corrected chi connectivity index (χ1v) is 9.13. The Morgan fingerprint density at radius 3 is 3.04 bits per heavy atom. The maximum atomic E-state index is 6.49. The van der Waals surface area contributed by atoms with Crippen LogP contribution in [0.5, 0.6) is 0 Å². The molecular formula is C15H18IN5O4. The Morgan fingerprint density at radius 1 is 1.40 bits per heavy atom. The maximum Gasteiger partial charge on any atom is 0.167 e. The first-order chi connectivity index (χ1) is 12.2. The normalized spacial score (nSPS) is 38.8. The van der Waals surface area contributed by atoms with E-state index < -0.39 is 0 Å². The van der Waals surface area contributed by atoms with Crippen LogP contribution in [0.15, 0.2) is 12.7 Å². The molecule has 2 saturated heterocycles. The van der Waals surface area contributed by atoms with Gasteiger partial charge in [-0.2, -0.15) is 0 Å². The predicted octanol–water partition coefficient (Wildman–Crippen LogP) is 1.31. The highest BCUT2D eigenvalue weighted by Gasteiger charge is 2.77. The predicted molar refractivity (Wildman–Crippen MR) is 95.3 cm³/mol. The topological polar surface area (TPSA) is 92.6 Å². The van der Waals surface area contributed by atoms with Gasteiger partial charge in [0.2, 0.25) is 0 Å². The number of nitrogens with one attached hydrogen (secondary N) is 1. The molecule has 1 N–H and O–H groups in total. The van der Waals surface area contributed by atoms with Crippen LogP contribution in [0.25, 0.3) is 11.2 Å². The van der Waals surface area contributed by atoms with Gasteiger partial charge in [-0.15, -0.1) is 0 Å². The minimum Gasteiger partial charge on any atom is -0.382 e. The second-order valence-corrected chi connectivity index (χ2v) is 7.39. The Labute approximate surface area is 157 Å². The number of hydrogen-bond acceptors (Lipinski definition) is 8. The highest BCUT2D eigenvalue weighted by Crippen LogP contribution is 2.65. The molecule has 0 amide bonds. The first-order valence-electron chi connectivity index (χ1n) is 8.06. The third kappa shape index (κ3) is 1.94. The summed E-state index contributed by atoms with van der Waals surface area (Å²) >= 11 is 2.04. The zero-order valence-electron chi connectivity index (χ0n) is 13.8. The molecule has 2 aliphatic heterocycles. The van der Waals surface area contributed by atoms with Crippen LogP contribution in [0.3, 0.4) is 0 Å². The van der Waals surface area contributed by atoms with E-state index in [2.05, 4.69) is 18.5 Å². The van der Waals surface area contributed by atoms with Crippen molar-refractivity contribution in [3.63, 3.8) is 0 Å². The van der Waals surface area contributed by atoms with Crippen molar-refractivity contribution in [2.75, 3.05) is 31.0 Å². The molecule has 3 fully saturated rings. The van der Waals surface area contributed by atoms with Gasteiger partial charge in [-0.25, -0.2) is 15.0 Å². The van der Waals surface area contributed by atoms with E-state index in [0.717, 1.165) is 6.42 Å². The van der Waals surface area contributed by atoms with Gasteiger partial charge in [-0.05, 0) is 0 Å². The summed E-state index contributed by atoms with van der Waals surface area (Å²) in [7, 11) is 3.44. The van der Waals surface area contributed by atoms with Gasteiger partial charge in [-0.1, -0.05) is 0 Å². The number of imidazole rings is 1. The molecule has 0 radical (unpaired) electrons. The van der Waals surface area contributed by atoms with Crippen LogP contribution in [0.4, 0.5) is 5.82 Å². The van der Waals surface area contributed by atoms with E-state index in [4.69, 9.17) is 18.9 Å². The molecule has 2 aromatic rings. The van der Waals surface area contributed by atoms with E-state index in [1.54, 1.807) is 20.5 Å². The summed E-state index contributed by atoms with van der Waals surface area (Å²) in [5.74, 6) is 0.812. The summed E-state index contributed by atoms with van der Waals surface area (Å²) in [6, 6.07) is 0. The van der Waals surface area contributed by atoms with Crippen molar-refractivity contribution < 1.29 is 18.9 Å². The van der Waals surface area contributed by atoms with Gasteiger partial charge in [-0.3, -0.25) is 4.57 Å². The molecule has 10 heteroatoms. The monoisotopic (exact) mass is 459 g/mol. The van der Waals surface area contributed by atoms with Crippen molar-refractivity contribution in [2.24, 2.45) is 5.92 Å². The molecule has 1 saturated carbocycles. The van der Waals surface area contributed by atoms with Crippen LogP contribution in [-0.4, -0.2) is 64.3 Å². The average molecular weight is 459 g/mol. The SMILES string of the molecule is COCC12CC3(OC)COC(C31)[C@H](n1cnc3c(NI)ncnc31)O2. The number of nitrogens with zero attached hydrogens (tertiary/aromatic N) is 4. The molecule has 134 valence electrons. The maximum absolute atomic E-state index is 6.49. The Hall–Kier alpha value is -1.08. The fourth-order valence-corrected chi connectivity index (χ4v) is 5.21. The smallest absolute Gasteiger partial charge is 0.167 e. The lowest BCUT2D eigenvalue weighted by Gasteiger charge is -2.54. The third-order valence-corrected chi connectivity index (χ3v) is 6.25. The molecule has 1 aliphatic carbocycles. The number of methoxy groups -OCH3 is 2. The molecular weight excluding hydrogens is 441 g/mol. The Bertz CT molecular complexity index is 833. The lowest BCUT2D eigenvalue weighted by molar-refractivity contribution is -0.253. The minimum atomic E-state index is -0.384. The van der Waals surface area contributed by atoms with Crippen LogP contribution in [-0.2, 0) is 18.9 Å². The lowest BCUT2D eigenvalue weighted by atomic mass is 9.59. The molecule has 2 aromatic heterocycles. The fraction of sp³-hybridized carbons (Fsp3) is 0.667. The molecule has 4 heterocycles. The van der Waals surface area contributed by atoms with E-state index >= 15 is 0 Å². The number of hydrogen-bond donors (Lipinski definition) is 1. The Balaban J connectivity index is 1.58. The van der Waals surface area contributed by atoms with Crippen LogP contribution in [0, 0.1) is 5.92 Å². The zero-order chi connectivity index (χ0) is 17.2. The van der Waals surface area contributed by atoms with Crippen molar-refractivity contribution in [2.45, 2.75) is 30.0 Å². The molecule has 0 bridgehead atoms. The second kappa shape index (κ2) is 5.46. The molecule has 0 aromatic carbocycles. The summed E-state index contributed by atoms with van der Waals surface area (Å²) in [5.41, 5.74) is 0.756. The summed E-state index contributed by atoms with van der Waals surface area (Å²) in [6.45, 7) is 1.09. The second-order valence-electron chi connectivity index (χ2n) is 6.85. The van der Waals surface area contributed by atoms with Gasteiger partial charge >= 0.3 is 0 Å². The quantitative estimate of drug-likeness (QED) is 0.529. The van der Waals surface area contributed by atoms with Gasteiger partial charge in [0.15, 0.2) is 23.2 Å². The number of anilines is 1. The van der Waals surface area contributed by atoms with E-state index in [0.29, 0.717) is 30.2 Å². The number of rotatable bonds is 5. The lowest BCUT2D eigenvalue weighted by Crippen LogP contribution is -2.67. The highest BCUT2D eigenvalue weighted by atomic mass is 127. The van der Waals surface area contributed by atoms with E-state index in [9.17, 15) is 0 Å². The fourth-order valence-electron chi connectivity index (χ4n) is 4.82. The highest BCUT2D eigenvalue weighted by molar-refractivity contribution is 14.1. The number of ether oxygens (including phenoxy) is 4. The summed E-state index contributed by atoms with van der Waals surface area (Å²) < 4.78 is 28.8. The Morgan fingerprint density at radius 2 is 2.28 bits per heavy atom. The standard InChI is InChI=1S/C15H18IN5O4/c1-22-4-15-3-14(23-2)5-24-9(10(14)15)13(25-15)21-7-19-8-11(20-16)17-6-18-12(8)21/h6-7,9-10,13H,3-5H2,1-2H3,(H,17,18,20)/t9?,10?,13-,14?,15?/m1/s1. The number of fused-ring (bicyclic) bond motifs is 1. The van der Waals surface area contributed by atoms with Crippen LogP contribution >= 0.6 is 22.9 Å². The van der Waals surface area contributed by atoms with Gasteiger partial charge in [0.25, 0.3) is 0 Å². The van der Waals surface area contributed by atoms with Crippen LogP contribution in [0.1, 0.15) is 12.6 Å². The molecule has 25 heavy (non-hydrogen) atoms. The molecule has 5 atom stereocenters. The van der Waals surface area contributed by atoms with Crippen molar-refractivity contribution >= 4 is 39.8 Å². The van der Waals surface area contributed by atoms with E-state index in [-0.39, 0.29) is 29.5 Å². The third-order valence-electron chi connectivity index (χ3n) is 5.73. The van der Waals surface area contributed by atoms with Gasteiger partial charge in [0.05, 0.1) is 48.3 Å². The Kier molecular flexibility index (Phi) is 3.52. The van der Waals surface area contributed by atoms with Crippen LogP contribution in [0.2, 0.25) is 0 Å². The van der Waals surface area contributed by atoms with Crippen molar-refractivity contribution in [3.05, 3.63) is 12.7 Å². The minimum absolute atomic E-state index is 0.118. The number of aromatic nitrogens is 4. The zero-order valence-corrected chi connectivity index (χ0v) is 16.0. The van der Waals surface area contributed by atoms with E-state index in [1.807, 2.05) is 27.4 Å². The molecule has 9 nitrogen and oxygen atoms in total. The van der Waals surface area contributed by atoms with Gasteiger partial charge in [0.1, 0.15) is 23.6 Å². The molecule has 0 spiro atoms. The summed E-state index contributed by atoms with van der Waals surface area (Å²) in [4.78, 5) is 13.1. The van der Waals surface area contributed by atoms with Crippen molar-refractivity contribution in [1.82, 2.24) is 19.5 Å². The van der Waals surface area contributed by atoms with Crippen LogP contribution < -0.4 is 3.53 Å². The first kappa shape index (κ1) is 16.1. The summed E-state index contributed by atoms with van der Waals surface area (Å²) in [6.07, 6.45) is 3.59. The summed E-state index contributed by atoms with van der Waals surface area (Å²) in [5, 5.41) is 0. The molecule has 3 aliphatic rings. The van der Waals surface area contributed by atoms with Gasteiger partial charge < -0.3 is 22.5 Å².